The van der Waals surface area contributed by atoms with Crippen LogP contribution in [0.1, 0.15) is 6.42 Å². The lowest BCUT2D eigenvalue weighted by molar-refractivity contribution is -0.121. The second-order valence-electron chi connectivity index (χ2n) is 4.68. The third kappa shape index (κ3) is 4.09. The van der Waals surface area contributed by atoms with Gasteiger partial charge in [-0.3, -0.25) is 14.6 Å². The van der Waals surface area contributed by atoms with Crippen molar-refractivity contribution in [1.29, 1.82) is 0 Å². The number of hydrogen-bond acceptors (Lipinski definition) is 8. The molecule has 0 fully saturated rings. The fraction of sp³-hybridized carbons (Fsp3) is 0.583. The molecular weight excluding hydrogens is 292 g/mol. The van der Waals surface area contributed by atoms with Crippen molar-refractivity contribution in [3.63, 3.8) is 0 Å². The van der Waals surface area contributed by atoms with E-state index in [2.05, 4.69) is 20.6 Å². The van der Waals surface area contributed by atoms with Crippen molar-refractivity contribution in [3.8, 4) is 0 Å². The summed E-state index contributed by atoms with van der Waals surface area (Å²) < 4.78 is 5.04. The Labute approximate surface area is 126 Å². The minimum absolute atomic E-state index is 0.0371. The minimum atomic E-state index is -0.324. The topological polar surface area (TPSA) is 146 Å². The molecule has 1 aromatic rings. The van der Waals surface area contributed by atoms with Crippen LogP contribution in [0.4, 0.5) is 17.5 Å². The Balaban J connectivity index is 1.77. The Hall–Kier alpha value is -2.33. The van der Waals surface area contributed by atoms with Crippen molar-refractivity contribution in [1.82, 2.24) is 15.3 Å². The predicted molar refractivity (Wildman–Crippen MR) is 80.6 cm³/mol. The molecule has 0 radical (unpaired) electrons. The molecule has 0 saturated carbocycles. The molecule has 0 aliphatic carbocycles. The van der Waals surface area contributed by atoms with Gasteiger partial charge in [0.2, 0.25) is 11.9 Å². The maximum atomic E-state index is 11.7. The largest absolute Gasteiger partial charge is 0.394 e. The molecule has 2 heterocycles. The number of ether oxygens (including phenoxy) is 1. The zero-order valence-electron chi connectivity index (χ0n) is 12.1. The third-order valence-electron chi connectivity index (χ3n) is 3.08. The molecule has 122 valence electrons. The number of carbonyl (C=O) groups is 1. The summed E-state index contributed by atoms with van der Waals surface area (Å²) in [6, 6.07) is 0. The Bertz CT molecular complexity index is 575. The van der Waals surface area contributed by atoms with E-state index < -0.39 is 0 Å². The molecular formula is C12H20N6O4. The van der Waals surface area contributed by atoms with E-state index in [1.807, 2.05) is 0 Å². The second-order valence-corrected chi connectivity index (χ2v) is 4.68. The van der Waals surface area contributed by atoms with Crippen LogP contribution < -0.4 is 26.8 Å². The van der Waals surface area contributed by atoms with Gasteiger partial charge in [0.25, 0.3) is 5.56 Å². The van der Waals surface area contributed by atoms with Gasteiger partial charge in [-0.1, -0.05) is 0 Å². The molecule has 0 unspecified atom stereocenters. The molecule has 0 saturated heterocycles. The maximum Gasteiger partial charge on any atom is 0.277 e. The molecule has 10 nitrogen and oxygen atoms in total. The number of nitrogen functional groups attached to an aromatic ring is 1. The van der Waals surface area contributed by atoms with Gasteiger partial charge in [-0.25, -0.2) is 0 Å². The van der Waals surface area contributed by atoms with Gasteiger partial charge < -0.3 is 31.1 Å². The van der Waals surface area contributed by atoms with Crippen molar-refractivity contribution < 1.29 is 14.6 Å². The quantitative estimate of drug-likeness (QED) is 0.348. The lowest BCUT2D eigenvalue weighted by atomic mass is 10.3. The standard InChI is InChI=1S/C12H20N6O4/c13-12-16-10-9(11(21)17-12)15-7-18(10)3-1-8(20)14-2-5-22-6-4-19/h15,19H,1-7H2,(H,14,20)(H3,13,16,17,21). The summed E-state index contributed by atoms with van der Waals surface area (Å²) in [5, 5.41) is 14.2. The van der Waals surface area contributed by atoms with Crippen LogP contribution in [0, 0.1) is 0 Å². The van der Waals surface area contributed by atoms with Crippen LogP contribution in [0.3, 0.4) is 0 Å². The van der Waals surface area contributed by atoms with E-state index in [9.17, 15) is 9.59 Å². The maximum absolute atomic E-state index is 11.7. The summed E-state index contributed by atoms with van der Waals surface area (Å²) in [5.74, 6) is 0.377. The monoisotopic (exact) mass is 312 g/mol. The molecule has 1 aliphatic heterocycles. The lowest BCUT2D eigenvalue weighted by Gasteiger charge is -2.16. The molecule has 0 atom stereocenters. The van der Waals surface area contributed by atoms with Crippen molar-refractivity contribution >= 4 is 23.4 Å². The van der Waals surface area contributed by atoms with E-state index in [1.165, 1.54) is 0 Å². The number of nitrogens with two attached hydrogens (primary N) is 1. The number of aliphatic hydroxyl groups is 1. The van der Waals surface area contributed by atoms with Gasteiger partial charge in [-0.2, -0.15) is 4.98 Å². The summed E-state index contributed by atoms with van der Waals surface area (Å²) in [6.45, 7) is 1.78. The second kappa shape index (κ2) is 7.61. The summed E-state index contributed by atoms with van der Waals surface area (Å²) in [6.07, 6.45) is 0.259. The van der Waals surface area contributed by atoms with Gasteiger partial charge in [0.15, 0.2) is 5.82 Å². The van der Waals surface area contributed by atoms with Crippen molar-refractivity contribution in [3.05, 3.63) is 10.4 Å². The van der Waals surface area contributed by atoms with Crippen LogP contribution in [-0.2, 0) is 9.53 Å². The highest BCUT2D eigenvalue weighted by atomic mass is 16.5. The molecule has 1 amide bonds. The molecule has 0 aromatic carbocycles. The first-order valence-electron chi connectivity index (χ1n) is 6.95. The number of anilines is 3. The molecule has 0 spiro atoms. The number of rotatable bonds is 8. The van der Waals surface area contributed by atoms with Gasteiger partial charge in [-0.15, -0.1) is 0 Å². The van der Waals surface area contributed by atoms with Crippen LogP contribution in [0.15, 0.2) is 4.79 Å². The molecule has 10 heteroatoms. The Morgan fingerprint density at radius 2 is 2.32 bits per heavy atom. The zero-order chi connectivity index (χ0) is 15.9. The molecule has 1 aliphatic rings. The number of aliphatic hydroxyl groups excluding tert-OH is 1. The lowest BCUT2D eigenvalue weighted by Crippen LogP contribution is -2.32. The Kier molecular flexibility index (Phi) is 5.55. The average Bonchev–Trinajstić information content (AvgIpc) is 2.88. The van der Waals surface area contributed by atoms with E-state index in [4.69, 9.17) is 15.6 Å². The highest BCUT2D eigenvalue weighted by molar-refractivity contribution is 5.77. The SMILES string of the molecule is Nc1nc2c(c(=O)[nH]1)NCN2CCC(=O)NCCOCCO. The number of aromatic nitrogens is 2. The molecule has 6 N–H and O–H groups in total. The van der Waals surface area contributed by atoms with Crippen molar-refractivity contribution in [2.45, 2.75) is 6.42 Å². The van der Waals surface area contributed by atoms with E-state index >= 15 is 0 Å². The fourth-order valence-corrected chi connectivity index (χ4v) is 2.05. The molecule has 22 heavy (non-hydrogen) atoms. The first-order chi connectivity index (χ1) is 10.6. The van der Waals surface area contributed by atoms with Crippen molar-refractivity contribution in [2.24, 2.45) is 0 Å². The van der Waals surface area contributed by atoms with Crippen molar-refractivity contribution in [2.75, 3.05) is 55.5 Å². The number of aromatic amines is 1. The minimum Gasteiger partial charge on any atom is -0.394 e. The van der Waals surface area contributed by atoms with Gasteiger partial charge in [-0.05, 0) is 0 Å². The van der Waals surface area contributed by atoms with Crippen LogP contribution in [0.5, 0.6) is 0 Å². The highest BCUT2D eigenvalue weighted by Crippen LogP contribution is 2.25. The number of amides is 1. The van der Waals surface area contributed by atoms with E-state index in [0.29, 0.717) is 37.9 Å². The number of nitrogens with zero attached hydrogens (tertiary/aromatic N) is 2. The van der Waals surface area contributed by atoms with Gasteiger partial charge in [0, 0.05) is 19.5 Å². The molecule has 2 rings (SSSR count). The first-order valence-corrected chi connectivity index (χ1v) is 6.95. The molecule has 0 bridgehead atoms. The summed E-state index contributed by atoms with van der Waals surface area (Å²) >= 11 is 0. The number of fused-ring (bicyclic) bond motifs is 1. The number of nitrogens with one attached hydrogen (secondary N) is 3. The van der Waals surface area contributed by atoms with Gasteiger partial charge in [0.05, 0.1) is 26.5 Å². The Morgan fingerprint density at radius 3 is 3.09 bits per heavy atom. The smallest absolute Gasteiger partial charge is 0.277 e. The number of H-pyrrole nitrogens is 1. The number of carbonyl (C=O) groups excluding carboxylic acids is 1. The number of hydrogen-bond donors (Lipinski definition) is 5. The summed E-state index contributed by atoms with van der Waals surface area (Å²) in [4.78, 5) is 31.6. The normalized spacial score (nSPS) is 12.9. The first kappa shape index (κ1) is 16.0. The van der Waals surface area contributed by atoms with E-state index in [-0.39, 0.29) is 37.0 Å². The summed E-state index contributed by atoms with van der Waals surface area (Å²) in [5.41, 5.74) is 5.57. The Morgan fingerprint density at radius 1 is 1.50 bits per heavy atom. The van der Waals surface area contributed by atoms with Gasteiger partial charge in [0.1, 0.15) is 5.69 Å². The van der Waals surface area contributed by atoms with E-state index in [1.54, 1.807) is 4.90 Å². The fourth-order valence-electron chi connectivity index (χ4n) is 2.05. The highest BCUT2D eigenvalue weighted by Gasteiger charge is 2.23. The third-order valence-corrected chi connectivity index (χ3v) is 3.08. The van der Waals surface area contributed by atoms with Crippen LogP contribution in [-0.4, -0.2) is 60.6 Å². The van der Waals surface area contributed by atoms with Gasteiger partial charge >= 0.3 is 0 Å². The van der Waals surface area contributed by atoms with Crippen LogP contribution in [0.25, 0.3) is 0 Å². The van der Waals surface area contributed by atoms with E-state index in [0.717, 1.165) is 0 Å². The predicted octanol–water partition coefficient (Wildman–Crippen LogP) is -1.94. The van der Waals surface area contributed by atoms with Crippen LogP contribution >= 0.6 is 0 Å². The average molecular weight is 312 g/mol. The van der Waals surface area contributed by atoms with Crippen LogP contribution in [0.2, 0.25) is 0 Å². The zero-order valence-corrected chi connectivity index (χ0v) is 12.1. The molecule has 1 aromatic heterocycles. The summed E-state index contributed by atoms with van der Waals surface area (Å²) in [7, 11) is 0.